The Balaban J connectivity index is 2.25. The standard InChI is InChI=1S/C20H26N2/c1-12-6-7-14(9-17(12)21)20(5)11-19(3,4)15-10-18(22)13(2)8-16(15)20/h6-10H,11,21-22H2,1-5H3. The van der Waals surface area contributed by atoms with Gasteiger partial charge in [-0.2, -0.15) is 0 Å². The lowest BCUT2D eigenvalue weighted by Gasteiger charge is -2.29. The van der Waals surface area contributed by atoms with Crippen LogP contribution in [0.5, 0.6) is 0 Å². The molecule has 0 fully saturated rings. The molecule has 116 valence electrons. The quantitative estimate of drug-likeness (QED) is 0.763. The largest absolute Gasteiger partial charge is 0.399 e. The lowest BCUT2D eigenvalue weighted by atomic mass is 9.74. The lowest BCUT2D eigenvalue weighted by molar-refractivity contribution is 0.425. The predicted molar refractivity (Wildman–Crippen MR) is 95.3 cm³/mol. The minimum absolute atomic E-state index is 0.0148. The summed E-state index contributed by atoms with van der Waals surface area (Å²) >= 11 is 0. The van der Waals surface area contributed by atoms with E-state index in [2.05, 4.69) is 65.0 Å². The van der Waals surface area contributed by atoms with E-state index in [1.54, 1.807) is 0 Å². The van der Waals surface area contributed by atoms with Crippen molar-refractivity contribution in [1.29, 1.82) is 0 Å². The third-order valence-electron chi connectivity index (χ3n) is 5.44. The molecule has 1 atom stereocenters. The van der Waals surface area contributed by atoms with Gasteiger partial charge in [-0.3, -0.25) is 0 Å². The molecule has 0 saturated carbocycles. The van der Waals surface area contributed by atoms with E-state index in [1.165, 1.54) is 16.7 Å². The number of rotatable bonds is 1. The second kappa shape index (κ2) is 4.52. The molecule has 0 saturated heterocycles. The molecule has 1 unspecified atom stereocenters. The highest BCUT2D eigenvalue weighted by Crippen LogP contribution is 2.53. The van der Waals surface area contributed by atoms with E-state index >= 15 is 0 Å². The Morgan fingerprint density at radius 2 is 1.45 bits per heavy atom. The van der Waals surface area contributed by atoms with Gasteiger partial charge < -0.3 is 11.5 Å². The molecule has 1 aliphatic rings. The Bertz CT molecular complexity index is 759. The zero-order valence-corrected chi connectivity index (χ0v) is 14.2. The second-order valence-corrected chi connectivity index (χ2v) is 7.72. The van der Waals surface area contributed by atoms with Crippen molar-refractivity contribution in [2.75, 3.05) is 11.5 Å². The fourth-order valence-electron chi connectivity index (χ4n) is 4.06. The number of nitrogen functional groups attached to an aromatic ring is 2. The molecule has 1 aliphatic carbocycles. The monoisotopic (exact) mass is 294 g/mol. The first kappa shape index (κ1) is 15.0. The number of anilines is 2. The summed E-state index contributed by atoms with van der Waals surface area (Å²) < 4.78 is 0. The smallest absolute Gasteiger partial charge is 0.0346 e. The summed E-state index contributed by atoms with van der Waals surface area (Å²) in [5.74, 6) is 0. The van der Waals surface area contributed by atoms with Crippen molar-refractivity contribution in [2.24, 2.45) is 0 Å². The molecule has 0 aliphatic heterocycles. The summed E-state index contributed by atoms with van der Waals surface area (Å²) in [5.41, 5.74) is 20.6. The first-order valence-corrected chi connectivity index (χ1v) is 7.93. The highest BCUT2D eigenvalue weighted by molar-refractivity contribution is 5.62. The molecule has 0 amide bonds. The van der Waals surface area contributed by atoms with Crippen molar-refractivity contribution in [2.45, 2.75) is 51.9 Å². The number of fused-ring (bicyclic) bond motifs is 1. The fraction of sp³-hybridized carbons (Fsp3) is 0.400. The summed E-state index contributed by atoms with van der Waals surface area (Å²) in [6.07, 6.45) is 1.07. The van der Waals surface area contributed by atoms with Gasteiger partial charge in [0.25, 0.3) is 0 Å². The second-order valence-electron chi connectivity index (χ2n) is 7.72. The van der Waals surface area contributed by atoms with Crippen LogP contribution in [0.4, 0.5) is 11.4 Å². The Morgan fingerprint density at radius 1 is 0.818 bits per heavy atom. The maximum absolute atomic E-state index is 6.17. The van der Waals surface area contributed by atoms with Gasteiger partial charge in [-0.05, 0) is 65.6 Å². The van der Waals surface area contributed by atoms with Gasteiger partial charge in [-0.25, -0.2) is 0 Å². The van der Waals surface area contributed by atoms with Crippen molar-refractivity contribution in [1.82, 2.24) is 0 Å². The Hall–Kier alpha value is -1.96. The number of hydrogen-bond acceptors (Lipinski definition) is 2. The van der Waals surface area contributed by atoms with Crippen LogP contribution in [0.3, 0.4) is 0 Å². The number of benzene rings is 2. The molecule has 2 heteroatoms. The average Bonchev–Trinajstić information content (AvgIpc) is 2.62. The Morgan fingerprint density at radius 3 is 2.09 bits per heavy atom. The van der Waals surface area contributed by atoms with Crippen molar-refractivity contribution in [3.63, 3.8) is 0 Å². The normalized spacial score (nSPS) is 22.6. The first-order chi connectivity index (χ1) is 10.1. The van der Waals surface area contributed by atoms with E-state index in [1.807, 2.05) is 0 Å². The van der Waals surface area contributed by atoms with Crippen molar-refractivity contribution < 1.29 is 0 Å². The topological polar surface area (TPSA) is 52.0 Å². The van der Waals surface area contributed by atoms with Crippen LogP contribution in [0.15, 0.2) is 30.3 Å². The van der Waals surface area contributed by atoms with Crippen LogP contribution >= 0.6 is 0 Å². The average molecular weight is 294 g/mol. The summed E-state index contributed by atoms with van der Waals surface area (Å²) in [6.45, 7) is 11.1. The van der Waals surface area contributed by atoms with Crippen LogP contribution in [-0.2, 0) is 10.8 Å². The Labute approximate surface area is 133 Å². The van der Waals surface area contributed by atoms with Crippen molar-refractivity contribution >= 4 is 11.4 Å². The highest BCUT2D eigenvalue weighted by atomic mass is 14.6. The zero-order chi connectivity index (χ0) is 16.3. The molecular formula is C20H26N2. The van der Waals surface area contributed by atoms with Gasteiger partial charge in [0.2, 0.25) is 0 Å². The van der Waals surface area contributed by atoms with Gasteiger partial charge in [0, 0.05) is 16.8 Å². The number of hydrogen-bond donors (Lipinski definition) is 2. The van der Waals surface area contributed by atoms with E-state index in [9.17, 15) is 0 Å². The van der Waals surface area contributed by atoms with Crippen molar-refractivity contribution in [3.05, 3.63) is 58.1 Å². The lowest BCUT2D eigenvalue weighted by Crippen LogP contribution is -2.23. The molecule has 0 bridgehead atoms. The highest BCUT2D eigenvalue weighted by Gasteiger charge is 2.46. The summed E-state index contributed by atoms with van der Waals surface area (Å²) in [7, 11) is 0. The fourth-order valence-corrected chi connectivity index (χ4v) is 4.06. The van der Waals surface area contributed by atoms with E-state index in [0.717, 1.165) is 28.9 Å². The molecule has 0 aromatic heterocycles. The SMILES string of the molecule is Cc1ccc(C2(C)CC(C)(C)c3cc(N)c(C)cc32)cc1N. The van der Waals surface area contributed by atoms with Crippen LogP contribution in [-0.4, -0.2) is 0 Å². The van der Waals surface area contributed by atoms with Crippen LogP contribution < -0.4 is 11.5 Å². The molecule has 0 heterocycles. The molecule has 2 aromatic rings. The molecule has 4 N–H and O–H groups in total. The van der Waals surface area contributed by atoms with Gasteiger partial charge in [-0.1, -0.05) is 39.0 Å². The van der Waals surface area contributed by atoms with Crippen LogP contribution in [0, 0.1) is 13.8 Å². The molecule has 3 rings (SSSR count). The maximum Gasteiger partial charge on any atom is 0.0346 e. The molecular weight excluding hydrogens is 268 g/mol. The Kier molecular flexibility index (Phi) is 3.07. The van der Waals surface area contributed by atoms with Gasteiger partial charge in [0.1, 0.15) is 0 Å². The van der Waals surface area contributed by atoms with Gasteiger partial charge in [0.15, 0.2) is 0 Å². The molecule has 22 heavy (non-hydrogen) atoms. The van der Waals surface area contributed by atoms with Gasteiger partial charge >= 0.3 is 0 Å². The van der Waals surface area contributed by atoms with Crippen LogP contribution in [0.2, 0.25) is 0 Å². The number of nitrogens with two attached hydrogens (primary N) is 2. The van der Waals surface area contributed by atoms with Gasteiger partial charge in [0.05, 0.1) is 0 Å². The zero-order valence-electron chi connectivity index (χ0n) is 14.2. The summed E-state index contributed by atoms with van der Waals surface area (Å²) in [6, 6.07) is 10.9. The molecule has 2 nitrogen and oxygen atoms in total. The van der Waals surface area contributed by atoms with Crippen LogP contribution in [0.25, 0.3) is 0 Å². The van der Waals surface area contributed by atoms with E-state index < -0.39 is 0 Å². The van der Waals surface area contributed by atoms with Crippen LogP contribution in [0.1, 0.15) is 55.0 Å². The van der Waals surface area contributed by atoms with E-state index in [0.29, 0.717) is 0 Å². The minimum atomic E-state index is -0.0148. The summed E-state index contributed by atoms with van der Waals surface area (Å²) in [4.78, 5) is 0. The van der Waals surface area contributed by atoms with Crippen molar-refractivity contribution in [3.8, 4) is 0 Å². The predicted octanol–water partition coefficient (Wildman–Crippen LogP) is 4.46. The minimum Gasteiger partial charge on any atom is -0.399 e. The van der Waals surface area contributed by atoms with Gasteiger partial charge in [-0.15, -0.1) is 0 Å². The third-order valence-corrected chi connectivity index (χ3v) is 5.44. The number of aryl methyl sites for hydroxylation is 2. The molecule has 0 radical (unpaired) electrons. The van der Waals surface area contributed by atoms with E-state index in [-0.39, 0.29) is 10.8 Å². The van der Waals surface area contributed by atoms with E-state index in [4.69, 9.17) is 11.5 Å². The molecule has 2 aromatic carbocycles. The summed E-state index contributed by atoms with van der Waals surface area (Å²) in [5, 5.41) is 0. The first-order valence-electron chi connectivity index (χ1n) is 7.93. The third kappa shape index (κ3) is 2.01. The molecule has 0 spiro atoms. The maximum atomic E-state index is 6.17.